The van der Waals surface area contributed by atoms with Gasteiger partial charge in [-0.2, -0.15) is 0 Å². The van der Waals surface area contributed by atoms with Crippen molar-refractivity contribution >= 4 is 29.3 Å². The summed E-state index contributed by atoms with van der Waals surface area (Å²) in [5.41, 5.74) is 0.903. The van der Waals surface area contributed by atoms with E-state index in [9.17, 15) is 14.4 Å². The molecule has 1 N–H and O–H groups in total. The van der Waals surface area contributed by atoms with Gasteiger partial charge in [0.2, 0.25) is 11.8 Å². The van der Waals surface area contributed by atoms with Gasteiger partial charge in [-0.15, -0.1) is 0 Å². The Bertz CT molecular complexity index is 1090. The molecule has 7 nitrogen and oxygen atoms in total. The first kappa shape index (κ1) is 23.4. The van der Waals surface area contributed by atoms with Gasteiger partial charge < -0.3 is 15.1 Å². The third-order valence-electron chi connectivity index (χ3n) is 5.64. The van der Waals surface area contributed by atoms with Crippen molar-refractivity contribution in [1.29, 1.82) is 0 Å². The fourth-order valence-corrected chi connectivity index (χ4v) is 4.31. The predicted molar refractivity (Wildman–Crippen MR) is 120 cm³/mol. The number of hydrogen-bond donors (Lipinski definition) is 1. The van der Waals surface area contributed by atoms with E-state index in [1.54, 1.807) is 22.8 Å². The lowest BCUT2D eigenvalue weighted by atomic mass is 9.91. The first-order valence-corrected chi connectivity index (χ1v) is 10.4. The van der Waals surface area contributed by atoms with Gasteiger partial charge in [0, 0.05) is 49.4 Å². The molecule has 3 rings (SSSR count). The number of carbonyl (C=O) groups excluding carboxylic acids is 3. The van der Waals surface area contributed by atoms with E-state index in [0.717, 1.165) is 0 Å². The average molecular weight is 459 g/mol. The van der Waals surface area contributed by atoms with Crippen molar-refractivity contribution in [2.75, 3.05) is 20.1 Å². The van der Waals surface area contributed by atoms with Crippen LogP contribution < -0.4 is 5.32 Å². The van der Waals surface area contributed by atoms with E-state index >= 15 is 4.39 Å². The Kier molecular flexibility index (Phi) is 6.93. The number of halogens is 2. The molecule has 9 heteroatoms. The second-order valence-corrected chi connectivity index (χ2v) is 7.94. The van der Waals surface area contributed by atoms with Crippen molar-refractivity contribution in [2.45, 2.75) is 25.9 Å². The summed E-state index contributed by atoms with van der Waals surface area (Å²) in [6.07, 6.45) is 2.61. The number of nitrogens with one attached hydrogen (secondary N) is 1. The lowest BCUT2D eigenvalue weighted by Gasteiger charge is -2.46. The number of carbonyl (C=O) groups is 3. The highest BCUT2D eigenvalue weighted by molar-refractivity contribution is 6.31. The van der Waals surface area contributed by atoms with E-state index in [1.165, 1.54) is 44.4 Å². The van der Waals surface area contributed by atoms with Crippen LogP contribution in [0.3, 0.4) is 0 Å². The summed E-state index contributed by atoms with van der Waals surface area (Å²) in [7, 11) is 1.48. The zero-order chi connectivity index (χ0) is 23.6. The Labute approximate surface area is 190 Å². The van der Waals surface area contributed by atoms with Crippen LogP contribution in [0.2, 0.25) is 5.02 Å². The summed E-state index contributed by atoms with van der Waals surface area (Å²) >= 11 is 6.36. The maximum absolute atomic E-state index is 15.9. The summed E-state index contributed by atoms with van der Waals surface area (Å²) in [6, 6.07) is 4.71. The van der Waals surface area contributed by atoms with Crippen LogP contribution in [0.4, 0.5) is 4.39 Å². The molecule has 0 saturated carbocycles. The van der Waals surface area contributed by atoms with Crippen LogP contribution in [0.15, 0.2) is 43.1 Å². The third kappa shape index (κ3) is 4.36. The molecule has 1 aromatic heterocycles. The predicted octanol–water partition coefficient (Wildman–Crippen LogP) is 3.21. The minimum atomic E-state index is -0.747. The fraction of sp³-hybridized carbons (Fsp3) is 0.304. The molecule has 0 radical (unpaired) electrons. The fourth-order valence-electron chi connectivity index (χ4n) is 4.08. The van der Waals surface area contributed by atoms with Crippen molar-refractivity contribution in [3.8, 4) is 11.1 Å². The number of pyridine rings is 1. The standard InChI is InChI=1S/C23H24ClFN4O3/c1-5-20(31)28-8-9-29(14(3)30)22(13(28)2)18-12-16(24)11-17(21(18)25)15-6-7-27-19(10-15)23(32)26-4/h5-7,10-13,22H,1,8-9H2,2-4H3,(H,26,32)/t13-,22+/m0/s1. The monoisotopic (exact) mass is 458 g/mol. The quantitative estimate of drug-likeness (QED) is 0.713. The lowest BCUT2D eigenvalue weighted by molar-refractivity contribution is -0.143. The number of nitrogens with zero attached hydrogens (tertiary/aromatic N) is 3. The minimum absolute atomic E-state index is 0.130. The van der Waals surface area contributed by atoms with Crippen LogP contribution in [0, 0.1) is 5.82 Å². The molecule has 3 amide bonds. The Morgan fingerprint density at radius 1 is 1.25 bits per heavy atom. The van der Waals surface area contributed by atoms with Gasteiger partial charge in [-0.3, -0.25) is 19.4 Å². The van der Waals surface area contributed by atoms with E-state index in [2.05, 4.69) is 16.9 Å². The molecule has 0 bridgehead atoms. The van der Waals surface area contributed by atoms with Crippen LogP contribution in [0.5, 0.6) is 0 Å². The largest absolute Gasteiger partial charge is 0.354 e. The highest BCUT2D eigenvalue weighted by Crippen LogP contribution is 2.38. The second-order valence-electron chi connectivity index (χ2n) is 7.50. The molecule has 1 saturated heterocycles. The molecule has 0 unspecified atom stereocenters. The first-order chi connectivity index (χ1) is 15.2. The van der Waals surface area contributed by atoms with Crippen molar-refractivity contribution in [3.63, 3.8) is 0 Å². The van der Waals surface area contributed by atoms with Crippen LogP contribution in [-0.4, -0.2) is 58.7 Å². The molecule has 168 valence electrons. The van der Waals surface area contributed by atoms with E-state index in [0.29, 0.717) is 12.1 Å². The van der Waals surface area contributed by atoms with Crippen molar-refractivity contribution < 1.29 is 18.8 Å². The average Bonchev–Trinajstić information content (AvgIpc) is 2.79. The molecule has 1 aromatic carbocycles. The van der Waals surface area contributed by atoms with Crippen LogP contribution in [-0.2, 0) is 9.59 Å². The van der Waals surface area contributed by atoms with Gasteiger partial charge in [0.1, 0.15) is 11.5 Å². The highest BCUT2D eigenvalue weighted by Gasteiger charge is 2.39. The Morgan fingerprint density at radius 3 is 2.56 bits per heavy atom. The highest BCUT2D eigenvalue weighted by atomic mass is 35.5. The Morgan fingerprint density at radius 2 is 1.94 bits per heavy atom. The number of piperazine rings is 1. The number of amides is 3. The van der Waals surface area contributed by atoms with Crippen LogP contribution in [0.25, 0.3) is 11.1 Å². The van der Waals surface area contributed by atoms with Gasteiger partial charge in [0.25, 0.3) is 5.91 Å². The van der Waals surface area contributed by atoms with Gasteiger partial charge in [-0.25, -0.2) is 4.39 Å². The number of aromatic nitrogens is 1. The van der Waals surface area contributed by atoms with Crippen molar-refractivity contribution in [1.82, 2.24) is 20.1 Å². The van der Waals surface area contributed by atoms with Crippen molar-refractivity contribution in [2.24, 2.45) is 0 Å². The topological polar surface area (TPSA) is 82.6 Å². The molecule has 1 fully saturated rings. The zero-order valence-electron chi connectivity index (χ0n) is 18.1. The van der Waals surface area contributed by atoms with Gasteiger partial charge in [-0.1, -0.05) is 18.2 Å². The molecule has 2 heterocycles. The molecule has 1 aliphatic heterocycles. The van der Waals surface area contributed by atoms with E-state index in [-0.39, 0.29) is 40.2 Å². The van der Waals surface area contributed by atoms with E-state index < -0.39 is 23.8 Å². The van der Waals surface area contributed by atoms with Gasteiger partial charge in [0.15, 0.2) is 0 Å². The Hall–Kier alpha value is -3.26. The van der Waals surface area contributed by atoms with Crippen molar-refractivity contribution in [3.05, 3.63) is 65.2 Å². The molecule has 2 atom stereocenters. The van der Waals surface area contributed by atoms with Crippen LogP contribution >= 0.6 is 11.6 Å². The maximum Gasteiger partial charge on any atom is 0.269 e. The van der Waals surface area contributed by atoms with Crippen LogP contribution in [0.1, 0.15) is 35.9 Å². The minimum Gasteiger partial charge on any atom is -0.354 e. The molecule has 0 spiro atoms. The number of hydrogen-bond acceptors (Lipinski definition) is 4. The van der Waals surface area contributed by atoms with E-state index in [4.69, 9.17) is 11.6 Å². The smallest absolute Gasteiger partial charge is 0.269 e. The maximum atomic E-state index is 15.9. The molecular weight excluding hydrogens is 435 g/mol. The normalized spacial score (nSPS) is 18.3. The summed E-state index contributed by atoms with van der Waals surface area (Å²) in [5, 5.41) is 2.74. The molecular formula is C23H24ClFN4O3. The SMILES string of the molecule is C=CC(=O)N1CCN(C(C)=O)[C@@H](c2cc(Cl)cc(-c3ccnc(C(=O)NC)c3)c2F)[C@@H]1C. The molecule has 2 aromatic rings. The van der Waals surface area contributed by atoms with Gasteiger partial charge >= 0.3 is 0 Å². The number of benzene rings is 1. The molecule has 32 heavy (non-hydrogen) atoms. The summed E-state index contributed by atoms with van der Waals surface area (Å²) in [6.45, 7) is 7.27. The van der Waals surface area contributed by atoms with E-state index in [1.807, 2.05) is 0 Å². The third-order valence-corrected chi connectivity index (χ3v) is 5.86. The second kappa shape index (κ2) is 9.48. The van der Waals surface area contributed by atoms with Gasteiger partial charge in [-0.05, 0) is 42.8 Å². The van der Waals surface area contributed by atoms with Gasteiger partial charge in [0.05, 0.1) is 12.1 Å². The lowest BCUT2D eigenvalue weighted by Crippen LogP contribution is -2.56. The zero-order valence-corrected chi connectivity index (χ0v) is 18.8. The summed E-state index contributed by atoms with van der Waals surface area (Å²) in [4.78, 5) is 43.8. The molecule has 0 aliphatic carbocycles. The summed E-state index contributed by atoms with van der Waals surface area (Å²) in [5.74, 6) is -1.52. The summed E-state index contributed by atoms with van der Waals surface area (Å²) < 4.78 is 15.9. The Balaban J connectivity index is 2.16. The molecule has 1 aliphatic rings. The first-order valence-electron chi connectivity index (χ1n) is 10.1. The number of rotatable bonds is 4.